The van der Waals surface area contributed by atoms with Gasteiger partial charge < -0.3 is 9.47 Å². The molecule has 19 heavy (non-hydrogen) atoms. The molecular weight excluding hydrogens is 248 g/mol. The minimum Gasteiger partial charge on any atom is -0.496 e. The molecule has 2 rings (SSSR count). The van der Waals surface area contributed by atoms with Crippen LogP contribution in [0.1, 0.15) is 16.1 Å². The maximum atomic E-state index is 12.4. The van der Waals surface area contributed by atoms with E-state index >= 15 is 0 Å². The third-order valence-electron chi connectivity index (χ3n) is 2.69. The number of nitrogens with one attached hydrogen (secondary N) is 1. The smallest absolute Gasteiger partial charge is 0.287 e. The van der Waals surface area contributed by atoms with E-state index in [2.05, 4.69) is 5.10 Å². The first-order chi connectivity index (χ1) is 9.08. The van der Waals surface area contributed by atoms with Gasteiger partial charge >= 0.3 is 0 Å². The van der Waals surface area contributed by atoms with E-state index in [0.717, 1.165) is 4.68 Å². The second-order valence-corrected chi connectivity index (χ2v) is 3.96. The Bertz CT molecular complexity index is 647. The van der Waals surface area contributed by atoms with E-state index < -0.39 is 11.5 Å². The van der Waals surface area contributed by atoms with Crippen LogP contribution in [-0.4, -0.2) is 29.9 Å². The molecule has 0 saturated heterocycles. The second kappa shape index (κ2) is 5.01. The largest absolute Gasteiger partial charge is 0.496 e. The summed E-state index contributed by atoms with van der Waals surface area (Å²) < 4.78 is 11.2. The second-order valence-electron chi connectivity index (χ2n) is 3.96. The van der Waals surface area contributed by atoms with Crippen molar-refractivity contribution < 1.29 is 14.3 Å². The average molecular weight is 262 g/mol. The van der Waals surface area contributed by atoms with Crippen LogP contribution in [0.15, 0.2) is 29.1 Å². The van der Waals surface area contributed by atoms with Crippen molar-refractivity contribution in [2.45, 2.75) is 6.92 Å². The molecule has 1 heterocycles. The maximum Gasteiger partial charge on any atom is 0.287 e. The van der Waals surface area contributed by atoms with E-state index in [-0.39, 0.29) is 5.56 Å². The highest BCUT2D eigenvalue weighted by Crippen LogP contribution is 2.28. The summed E-state index contributed by atoms with van der Waals surface area (Å²) in [6, 6.07) is 6.32. The fourth-order valence-electron chi connectivity index (χ4n) is 1.84. The molecule has 0 amide bonds. The summed E-state index contributed by atoms with van der Waals surface area (Å²) in [6.45, 7) is 1.70. The molecular formula is C13H14N2O4. The van der Waals surface area contributed by atoms with Crippen LogP contribution >= 0.6 is 0 Å². The molecule has 1 N–H and O–H groups in total. The van der Waals surface area contributed by atoms with Crippen LogP contribution in [0.5, 0.6) is 11.5 Å². The number of rotatable bonds is 3. The molecule has 2 aromatic rings. The molecule has 6 heteroatoms. The van der Waals surface area contributed by atoms with E-state index in [1.54, 1.807) is 25.1 Å². The van der Waals surface area contributed by atoms with Crippen LogP contribution in [0.3, 0.4) is 0 Å². The molecule has 6 nitrogen and oxygen atoms in total. The van der Waals surface area contributed by atoms with Gasteiger partial charge in [-0.05, 0) is 19.1 Å². The maximum absolute atomic E-state index is 12.4. The normalized spacial score (nSPS) is 10.3. The quantitative estimate of drug-likeness (QED) is 0.901. The molecule has 1 aromatic heterocycles. The third-order valence-corrected chi connectivity index (χ3v) is 2.69. The summed E-state index contributed by atoms with van der Waals surface area (Å²) in [6.07, 6.45) is 0. The summed E-state index contributed by atoms with van der Waals surface area (Å²) in [7, 11) is 2.91. The Balaban J connectivity index is 2.61. The standard InChI is InChI=1S/C13H14N2O4/c1-8-7-11(16)15(14-8)13(17)12-9(18-2)5-4-6-10(12)19-3/h4-7,14H,1-3H3. The van der Waals surface area contributed by atoms with Crippen molar-refractivity contribution in [3.8, 4) is 11.5 Å². The van der Waals surface area contributed by atoms with Gasteiger partial charge in [-0.3, -0.25) is 14.7 Å². The molecule has 0 aliphatic heterocycles. The molecule has 0 saturated carbocycles. The Kier molecular flexibility index (Phi) is 3.41. The van der Waals surface area contributed by atoms with Crippen LogP contribution in [-0.2, 0) is 0 Å². The zero-order valence-electron chi connectivity index (χ0n) is 10.9. The molecule has 0 aliphatic rings. The Hall–Kier alpha value is -2.50. The number of aromatic amines is 1. The molecule has 0 atom stereocenters. The van der Waals surface area contributed by atoms with Gasteiger partial charge in [0.15, 0.2) is 0 Å². The molecule has 0 bridgehead atoms. The monoisotopic (exact) mass is 262 g/mol. The molecule has 1 aromatic carbocycles. The number of H-pyrrole nitrogens is 1. The summed E-state index contributed by atoms with van der Waals surface area (Å²) in [5.41, 5.74) is 0.388. The fraction of sp³-hybridized carbons (Fsp3) is 0.231. The van der Waals surface area contributed by atoms with Gasteiger partial charge in [0.2, 0.25) is 0 Å². The molecule has 0 aliphatic carbocycles. The first-order valence-electron chi connectivity index (χ1n) is 5.63. The van der Waals surface area contributed by atoms with E-state index in [1.165, 1.54) is 20.3 Å². The minimum atomic E-state index is -0.521. The van der Waals surface area contributed by atoms with Gasteiger partial charge in [0, 0.05) is 11.8 Å². The summed E-state index contributed by atoms with van der Waals surface area (Å²) in [5, 5.41) is 2.69. The molecule has 0 radical (unpaired) electrons. The van der Waals surface area contributed by atoms with Gasteiger partial charge in [0.25, 0.3) is 11.5 Å². The van der Waals surface area contributed by atoms with Gasteiger partial charge in [-0.1, -0.05) is 6.07 Å². The predicted octanol–water partition coefficient (Wildman–Crippen LogP) is 1.19. The van der Waals surface area contributed by atoms with Crippen molar-refractivity contribution >= 4 is 5.91 Å². The lowest BCUT2D eigenvalue weighted by atomic mass is 10.1. The van der Waals surface area contributed by atoms with Crippen molar-refractivity contribution in [1.82, 2.24) is 9.78 Å². The SMILES string of the molecule is COc1cccc(OC)c1C(=O)n1[nH]c(C)cc1=O. The lowest BCUT2D eigenvalue weighted by Crippen LogP contribution is -2.25. The number of aromatic nitrogens is 2. The zero-order valence-corrected chi connectivity index (χ0v) is 10.9. The highest BCUT2D eigenvalue weighted by Gasteiger charge is 2.21. The first-order valence-corrected chi connectivity index (χ1v) is 5.63. The minimum absolute atomic E-state index is 0.205. The number of hydrogen-bond donors (Lipinski definition) is 1. The number of aryl methyl sites for hydroxylation is 1. The first kappa shape index (κ1) is 12.9. The number of ether oxygens (including phenoxy) is 2. The summed E-state index contributed by atoms with van der Waals surface area (Å²) in [5.74, 6) is 0.180. The van der Waals surface area contributed by atoms with Crippen molar-refractivity contribution in [3.05, 3.63) is 45.9 Å². The molecule has 0 spiro atoms. The van der Waals surface area contributed by atoms with Crippen molar-refractivity contribution in [2.75, 3.05) is 14.2 Å². The number of carbonyl (C=O) groups excluding carboxylic acids is 1. The molecule has 0 fully saturated rings. The van der Waals surface area contributed by atoms with Crippen LogP contribution < -0.4 is 15.0 Å². The van der Waals surface area contributed by atoms with Gasteiger partial charge in [-0.2, -0.15) is 4.68 Å². The molecule has 0 unspecified atom stereocenters. The van der Waals surface area contributed by atoms with E-state index in [4.69, 9.17) is 9.47 Å². The number of nitrogens with zero attached hydrogens (tertiary/aromatic N) is 1. The van der Waals surface area contributed by atoms with E-state index in [1.807, 2.05) is 0 Å². The van der Waals surface area contributed by atoms with Gasteiger partial charge in [-0.15, -0.1) is 0 Å². The average Bonchev–Trinajstić information content (AvgIpc) is 2.75. The van der Waals surface area contributed by atoms with Crippen LogP contribution in [0, 0.1) is 6.92 Å². The lowest BCUT2D eigenvalue weighted by Gasteiger charge is -2.11. The fourth-order valence-corrected chi connectivity index (χ4v) is 1.84. The van der Waals surface area contributed by atoms with Crippen LogP contribution in [0.4, 0.5) is 0 Å². The van der Waals surface area contributed by atoms with E-state index in [9.17, 15) is 9.59 Å². The Morgan fingerprint density at radius 2 is 1.79 bits per heavy atom. The van der Waals surface area contributed by atoms with Gasteiger partial charge in [0.1, 0.15) is 17.1 Å². The zero-order chi connectivity index (χ0) is 14.0. The number of benzene rings is 1. The van der Waals surface area contributed by atoms with Crippen LogP contribution in [0.2, 0.25) is 0 Å². The number of carbonyl (C=O) groups is 1. The van der Waals surface area contributed by atoms with Crippen molar-refractivity contribution in [3.63, 3.8) is 0 Å². The summed E-state index contributed by atoms with van der Waals surface area (Å²) >= 11 is 0. The number of methoxy groups -OCH3 is 2. The van der Waals surface area contributed by atoms with Gasteiger partial charge in [-0.25, -0.2) is 0 Å². The Morgan fingerprint density at radius 3 is 2.21 bits per heavy atom. The number of hydrogen-bond acceptors (Lipinski definition) is 4. The highest BCUT2D eigenvalue weighted by molar-refractivity contribution is 6.00. The van der Waals surface area contributed by atoms with Crippen molar-refractivity contribution in [2.24, 2.45) is 0 Å². The highest BCUT2D eigenvalue weighted by atomic mass is 16.5. The third kappa shape index (κ3) is 2.24. The topological polar surface area (TPSA) is 73.3 Å². The predicted molar refractivity (Wildman–Crippen MR) is 69.1 cm³/mol. The van der Waals surface area contributed by atoms with Gasteiger partial charge in [0.05, 0.1) is 14.2 Å². The summed E-state index contributed by atoms with van der Waals surface area (Å²) in [4.78, 5) is 24.1. The lowest BCUT2D eigenvalue weighted by molar-refractivity contribution is 0.0934. The Labute approximate surface area is 109 Å². The molecule has 100 valence electrons. The Morgan fingerprint density at radius 1 is 1.21 bits per heavy atom. The van der Waals surface area contributed by atoms with Crippen molar-refractivity contribution in [1.29, 1.82) is 0 Å². The van der Waals surface area contributed by atoms with Crippen LogP contribution in [0.25, 0.3) is 0 Å². The van der Waals surface area contributed by atoms with E-state index in [0.29, 0.717) is 17.2 Å².